The van der Waals surface area contributed by atoms with E-state index >= 15 is 0 Å². The first-order chi connectivity index (χ1) is 17.8. The molecule has 0 radical (unpaired) electrons. The number of rotatable bonds is 12. The number of hydrogen-bond acceptors (Lipinski definition) is 7. The molecule has 1 aromatic heterocycles. The van der Waals surface area contributed by atoms with Gasteiger partial charge in [0.2, 0.25) is 5.91 Å². The van der Waals surface area contributed by atoms with Gasteiger partial charge in [-0.3, -0.25) is 9.78 Å². The van der Waals surface area contributed by atoms with Gasteiger partial charge in [0.1, 0.15) is 0 Å². The highest BCUT2D eigenvalue weighted by molar-refractivity contribution is 7.90. The van der Waals surface area contributed by atoms with E-state index < -0.39 is 34.9 Å². The van der Waals surface area contributed by atoms with Crippen molar-refractivity contribution in [3.05, 3.63) is 84.7 Å². The Morgan fingerprint density at radius 2 is 1.78 bits per heavy atom. The van der Waals surface area contributed by atoms with Gasteiger partial charge in [0.25, 0.3) is 10.0 Å². The highest BCUT2D eigenvalue weighted by atomic mass is 32.2. The van der Waals surface area contributed by atoms with Gasteiger partial charge in [-0.15, -0.1) is 0 Å². The maximum atomic E-state index is 13.1. The summed E-state index contributed by atoms with van der Waals surface area (Å²) in [6.07, 6.45) is 7.07. The molecule has 11 heteroatoms. The molecule has 4 rings (SSSR count). The summed E-state index contributed by atoms with van der Waals surface area (Å²) in [5, 5.41) is 25.3. The molecule has 1 amide bonds. The van der Waals surface area contributed by atoms with E-state index in [4.69, 9.17) is 0 Å². The molecule has 1 fully saturated rings. The first kappa shape index (κ1) is 26.5. The van der Waals surface area contributed by atoms with E-state index in [2.05, 4.69) is 20.0 Å². The monoisotopic (exact) mass is 520 g/mol. The SMILES string of the molecule is O=C(N[C@@H](CC1CC1)B(O)O)C(C=NS(=O)(=O)c1ccc(Nc2cccnc2)cc1)Cc1ccccc1. The topological polar surface area (TPSA) is 141 Å². The number of nitrogens with zero attached hydrogens (tertiary/aromatic N) is 2. The highest BCUT2D eigenvalue weighted by Gasteiger charge is 2.34. The number of carbonyl (C=O) groups excluding carboxylic acids is 1. The van der Waals surface area contributed by atoms with Crippen LogP contribution in [0, 0.1) is 11.8 Å². The predicted molar refractivity (Wildman–Crippen MR) is 143 cm³/mol. The zero-order chi connectivity index (χ0) is 26.3. The summed E-state index contributed by atoms with van der Waals surface area (Å²) in [6.45, 7) is 0. The van der Waals surface area contributed by atoms with Crippen LogP contribution in [0.15, 0.2) is 88.4 Å². The molecule has 37 heavy (non-hydrogen) atoms. The average Bonchev–Trinajstić information content (AvgIpc) is 3.72. The number of carbonyl (C=O) groups is 1. The Morgan fingerprint density at radius 1 is 1.05 bits per heavy atom. The van der Waals surface area contributed by atoms with Crippen molar-refractivity contribution in [2.24, 2.45) is 16.2 Å². The van der Waals surface area contributed by atoms with Gasteiger partial charge < -0.3 is 20.7 Å². The third kappa shape index (κ3) is 7.98. The van der Waals surface area contributed by atoms with Crippen molar-refractivity contribution in [2.75, 3.05) is 5.32 Å². The lowest BCUT2D eigenvalue weighted by Gasteiger charge is -2.20. The number of nitrogens with one attached hydrogen (secondary N) is 2. The molecule has 2 aromatic carbocycles. The van der Waals surface area contributed by atoms with Crippen molar-refractivity contribution in [1.29, 1.82) is 0 Å². The van der Waals surface area contributed by atoms with Crippen LogP contribution in [0.2, 0.25) is 0 Å². The summed E-state index contributed by atoms with van der Waals surface area (Å²) in [5.74, 6) is -1.92. The summed E-state index contributed by atoms with van der Waals surface area (Å²) < 4.78 is 29.7. The summed E-state index contributed by atoms with van der Waals surface area (Å²) in [6, 6.07) is 18.9. The summed E-state index contributed by atoms with van der Waals surface area (Å²) in [7, 11) is -5.78. The summed E-state index contributed by atoms with van der Waals surface area (Å²) in [4.78, 5) is 17.1. The Balaban J connectivity index is 1.49. The zero-order valence-electron chi connectivity index (χ0n) is 20.1. The molecule has 4 N–H and O–H groups in total. The molecular weight excluding hydrogens is 491 g/mol. The lowest BCUT2D eigenvalue weighted by Crippen LogP contribution is -2.49. The minimum absolute atomic E-state index is 0.0169. The van der Waals surface area contributed by atoms with Crippen LogP contribution in [0.3, 0.4) is 0 Å². The first-order valence-electron chi connectivity index (χ1n) is 12.1. The van der Waals surface area contributed by atoms with E-state index in [0.717, 1.165) is 30.3 Å². The fourth-order valence-corrected chi connectivity index (χ4v) is 4.78. The van der Waals surface area contributed by atoms with Crippen LogP contribution in [0.4, 0.5) is 11.4 Å². The molecular formula is C26H29BN4O5S. The molecule has 0 saturated heterocycles. The van der Waals surface area contributed by atoms with Gasteiger partial charge in [-0.1, -0.05) is 43.2 Å². The third-order valence-corrected chi connectivity index (χ3v) is 7.36. The maximum absolute atomic E-state index is 13.1. The van der Waals surface area contributed by atoms with Crippen molar-refractivity contribution in [3.63, 3.8) is 0 Å². The Kier molecular flexibility index (Phi) is 8.70. The standard InChI is InChI=1S/C26H29BN4O5S/c32-26(31-25(27(33)34)16-20-8-9-20)21(15-19-5-2-1-3-6-19)17-29-37(35,36)24-12-10-22(11-13-24)30-23-7-4-14-28-18-23/h1-7,10-14,17-18,20-21,25,30,33-34H,8-9,15-16H2,(H,31,32)/t21?,25-/m0/s1. The third-order valence-electron chi connectivity index (χ3n) is 6.09. The van der Waals surface area contributed by atoms with E-state index in [1.165, 1.54) is 12.1 Å². The molecule has 3 aromatic rings. The second-order valence-electron chi connectivity index (χ2n) is 9.12. The molecule has 0 aliphatic heterocycles. The number of sulfonamides is 1. The number of aromatic nitrogens is 1. The van der Waals surface area contributed by atoms with E-state index in [1.54, 1.807) is 30.6 Å². The van der Waals surface area contributed by atoms with Gasteiger partial charge in [0.15, 0.2) is 0 Å². The molecule has 9 nitrogen and oxygen atoms in total. The van der Waals surface area contributed by atoms with Crippen LogP contribution in [0.1, 0.15) is 24.8 Å². The van der Waals surface area contributed by atoms with Crippen molar-refractivity contribution in [2.45, 2.75) is 36.5 Å². The number of amides is 1. The normalized spacial score (nSPS) is 15.2. The van der Waals surface area contributed by atoms with Crippen LogP contribution in [0.5, 0.6) is 0 Å². The van der Waals surface area contributed by atoms with Gasteiger partial charge >= 0.3 is 7.12 Å². The Morgan fingerprint density at radius 3 is 2.41 bits per heavy atom. The molecule has 1 saturated carbocycles. The fraction of sp³-hybridized carbons (Fsp3) is 0.269. The van der Waals surface area contributed by atoms with Gasteiger partial charge in [-0.2, -0.15) is 12.8 Å². The fourth-order valence-electron chi connectivity index (χ4n) is 3.87. The van der Waals surface area contributed by atoms with Crippen molar-refractivity contribution < 1.29 is 23.3 Å². The van der Waals surface area contributed by atoms with Gasteiger partial charge in [0.05, 0.1) is 28.6 Å². The van der Waals surface area contributed by atoms with Crippen LogP contribution in [0.25, 0.3) is 0 Å². The maximum Gasteiger partial charge on any atom is 0.475 e. The predicted octanol–water partition coefficient (Wildman–Crippen LogP) is 2.74. The van der Waals surface area contributed by atoms with E-state index in [0.29, 0.717) is 18.0 Å². The van der Waals surface area contributed by atoms with E-state index in [1.807, 2.05) is 36.4 Å². The first-order valence-corrected chi connectivity index (χ1v) is 13.5. The Labute approximate surface area is 216 Å². The number of benzene rings is 2. The Hall–Kier alpha value is -3.54. The summed E-state index contributed by atoms with van der Waals surface area (Å²) >= 11 is 0. The molecule has 1 unspecified atom stereocenters. The van der Waals surface area contributed by atoms with E-state index in [9.17, 15) is 23.3 Å². The van der Waals surface area contributed by atoms with Crippen molar-refractivity contribution >= 4 is 40.6 Å². The number of anilines is 2. The van der Waals surface area contributed by atoms with Gasteiger partial charge in [-0.05, 0) is 60.7 Å². The van der Waals surface area contributed by atoms with Crippen molar-refractivity contribution in [3.8, 4) is 0 Å². The minimum Gasteiger partial charge on any atom is -0.426 e. The smallest absolute Gasteiger partial charge is 0.426 e. The second-order valence-corrected chi connectivity index (χ2v) is 10.8. The van der Waals surface area contributed by atoms with E-state index in [-0.39, 0.29) is 11.3 Å². The minimum atomic E-state index is -4.07. The molecule has 2 atom stereocenters. The zero-order valence-corrected chi connectivity index (χ0v) is 21.0. The number of hydrogen-bond donors (Lipinski definition) is 4. The highest BCUT2D eigenvalue weighted by Crippen LogP contribution is 2.33. The lowest BCUT2D eigenvalue weighted by atomic mass is 9.76. The van der Waals surface area contributed by atoms with Gasteiger partial charge in [0, 0.05) is 18.1 Å². The lowest BCUT2D eigenvalue weighted by molar-refractivity contribution is -0.123. The molecule has 1 aliphatic carbocycles. The summed E-state index contributed by atoms with van der Waals surface area (Å²) in [5.41, 5.74) is 2.26. The Bertz CT molecular complexity index is 1300. The molecule has 192 valence electrons. The van der Waals surface area contributed by atoms with Crippen LogP contribution in [-0.2, 0) is 21.2 Å². The van der Waals surface area contributed by atoms with Crippen LogP contribution in [-0.4, -0.2) is 48.6 Å². The van der Waals surface area contributed by atoms with Crippen LogP contribution >= 0.6 is 0 Å². The molecule has 1 heterocycles. The molecule has 1 aliphatic rings. The second kappa shape index (κ2) is 12.1. The molecule has 0 spiro atoms. The quantitative estimate of drug-likeness (QED) is 0.213. The largest absolute Gasteiger partial charge is 0.475 e. The average molecular weight is 520 g/mol. The van der Waals surface area contributed by atoms with Crippen molar-refractivity contribution in [1.82, 2.24) is 10.3 Å². The number of pyridine rings is 1. The molecule has 0 bridgehead atoms. The van der Waals surface area contributed by atoms with Crippen LogP contribution < -0.4 is 10.6 Å². The van der Waals surface area contributed by atoms with Gasteiger partial charge in [-0.25, -0.2) is 0 Å².